The number of anilines is 2. The van der Waals surface area contributed by atoms with Crippen LogP contribution in [-0.2, 0) is 4.79 Å². The quantitative estimate of drug-likeness (QED) is 0.537. The average molecular weight is 435 g/mol. The first kappa shape index (κ1) is 21.1. The zero-order valence-corrected chi connectivity index (χ0v) is 18.2. The van der Waals surface area contributed by atoms with Gasteiger partial charge in [0, 0.05) is 11.4 Å². The molecule has 4 nitrogen and oxygen atoms in total. The van der Waals surface area contributed by atoms with E-state index >= 15 is 0 Å². The van der Waals surface area contributed by atoms with E-state index in [1.54, 1.807) is 34.9 Å². The lowest BCUT2D eigenvalue weighted by molar-refractivity contribution is -0.115. The van der Waals surface area contributed by atoms with Gasteiger partial charge in [-0.15, -0.1) is 11.8 Å². The van der Waals surface area contributed by atoms with E-state index in [4.69, 9.17) is 0 Å². The first-order valence-corrected chi connectivity index (χ1v) is 11.2. The Morgan fingerprint density at radius 1 is 1.06 bits per heavy atom. The van der Waals surface area contributed by atoms with Crippen LogP contribution in [0.1, 0.15) is 46.6 Å². The van der Waals surface area contributed by atoms with Crippen LogP contribution < -0.4 is 10.2 Å². The predicted octanol–water partition coefficient (Wildman–Crippen LogP) is 5.98. The van der Waals surface area contributed by atoms with Gasteiger partial charge in [0.05, 0.1) is 11.3 Å². The molecule has 0 spiro atoms. The summed E-state index contributed by atoms with van der Waals surface area (Å²) in [6, 6.07) is 21.3. The number of halogens is 1. The van der Waals surface area contributed by atoms with Gasteiger partial charge in [0.25, 0.3) is 5.91 Å². The van der Waals surface area contributed by atoms with Gasteiger partial charge in [0.2, 0.25) is 5.91 Å². The summed E-state index contributed by atoms with van der Waals surface area (Å²) in [5, 5.41) is 2.57. The van der Waals surface area contributed by atoms with Crippen LogP contribution >= 0.6 is 11.8 Å². The highest BCUT2D eigenvalue weighted by Gasteiger charge is 2.34. The van der Waals surface area contributed by atoms with Gasteiger partial charge in [-0.25, -0.2) is 4.39 Å². The summed E-state index contributed by atoms with van der Waals surface area (Å²) in [5.74, 6) is -0.213. The number of rotatable bonds is 5. The number of hydrogen-bond acceptors (Lipinski definition) is 3. The van der Waals surface area contributed by atoms with E-state index in [-0.39, 0.29) is 16.8 Å². The van der Waals surface area contributed by atoms with E-state index in [0.717, 1.165) is 11.3 Å². The molecule has 1 fully saturated rings. The number of nitrogens with zero attached hydrogens (tertiary/aromatic N) is 1. The van der Waals surface area contributed by atoms with Crippen molar-refractivity contribution in [2.75, 3.05) is 16.0 Å². The van der Waals surface area contributed by atoms with Crippen LogP contribution in [0.5, 0.6) is 0 Å². The third-order valence-electron chi connectivity index (χ3n) is 5.25. The van der Waals surface area contributed by atoms with Crippen molar-refractivity contribution >= 4 is 35.0 Å². The molecule has 0 saturated carbocycles. The normalized spacial score (nSPS) is 16.1. The molecule has 0 radical (unpaired) electrons. The SMILES string of the molecule is CC(C)c1ccc(N2C(=O)CSC2c2cccc(NC(=O)c3ccccc3F)c2)cc1. The number of nitrogens with one attached hydrogen (secondary N) is 1. The Hall–Kier alpha value is -3.12. The van der Waals surface area contributed by atoms with E-state index in [1.807, 2.05) is 30.3 Å². The maximum Gasteiger partial charge on any atom is 0.258 e. The molecular formula is C25H23FN2O2S. The molecule has 4 rings (SSSR count). The maximum atomic E-state index is 13.9. The van der Waals surface area contributed by atoms with Crippen molar-refractivity contribution in [1.29, 1.82) is 0 Å². The van der Waals surface area contributed by atoms with Crippen LogP contribution in [-0.4, -0.2) is 17.6 Å². The maximum absolute atomic E-state index is 13.9. The van der Waals surface area contributed by atoms with Crippen molar-refractivity contribution in [1.82, 2.24) is 0 Å². The Morgan fingerprint density at radius 3 is 2.52 bits per heavy atom. The number of thioether (sulfide) groups is 1. The topological polar surface area (TPSA) is 49.4 Å². The number of benzene rings is 3. The highest BCUT2D eigenvalue weighted by molar-refractivity contribution is 8.00. The molecule has 3 aromatic rings. The Bertz CT molecular complexity index is 1110. The second-order valence-electron chi connectivity index (χ2n) is 7.73. The molecule has 3 aromatic carbocycles. The van der Waals surface area contributed by atoms with E-state index in [2.05, 4.69) is 31.3 Å². The van der Waals surface area contributed by atoms with Gasteiger partial charge < -0.3 is 5.32 Å². The van der Waals surface area contributed by atoms with E-state index in [9.17, 15) is 14.0 Å². The minimum atomic E-state index is -0.566. The Balaban J connectivity index is 1.58. The molecule has 0 aromatic heterocycles. The Morgan fingerprint density at radius 2 is 1.81 bits per heavy atom. The molecule has 1 aliphatic heterocycles. The second-order valence-corrected chi connectivity index (χ2v) is 8.80. The Kier molecular flexibility index (Phi) is 6.09. The van der Waals surface area contributed by atoms with Crippen LogP contribution in [0.15, 0.2) is 72.8 Å². The standard InChI is InChI=1S/C25H23FN2O2S/c1-16(2)17-10-12-20(13-11-17)28-23(29)15-31-25(28)18-6-5-7-19(14-18)27-24(30)21-8-3-4-9-22(21)26/h3-14,16,25H,15H2,1-2H3,(H,27,30). The molecule has 2 amide bonds. The lowest BCUT2D eigenvalue weighted by Crippen LogP contribution is -2.27. The fourth-order valence-corrected chi connectivity index (χ4v) is 4.75. The molecule has 1 N–H and O–H groups in total. The zero-order chi connectivity index (χ0) is 22.0. The van der Waals surface area contributed by atoms with Crippen LogP contribution in [0.3, 0.4) is 0 Å². The fraction of sp³-hybridized carbons (Fsp3) is 0.200. The van der Waals surface area contributed by atoms with E-state index in [0.29, 0.717) is 17.4 Å². The molecule has 31 heavy (non-hydrogen) atoms. The summed E-state index contributed by atoms with van der Waals surface area (Å²) in [5.41, 5.74) is 3.52. The van der Waals surface area contributed by atoms with E-state index < -0.39 is 11.7 Å². The van der Waals surface area contributed by atoms with Gasteiger partial charge in [0.15, 0.2) is 0 Å². The van der Waals surface area contributed by atoms with Crippen LogP contribution in [0.2, 0.25) is 0 Å². The first-order chi connectivity index (χ1) is 14.9. The molecule has 1 unspecified atom stereocenters. The Labute approximate surface area is 185 Å². The van der Waals surface area contributed by atoms with Crippen molar-refractivity contribution in [3.05, 3.63) is 95.3 Å². The molecule has 0 bridgehead atoms. The summed E-state index contributed by atoms with van der Waals surface area (Å²) < 4.78 is 13.9. The lowest BCUT2D eigenvalue weighted by Gasteiger charge is -2.25. The lowest BCUT2D eigenvalue weighted by atomic mass is 10.0. The zero-order valence-electron chi connectivity index (χ0n) is 17.3. The molecule has 0 aliphatic carbocycles. The third-order valence-corrected chi connectivity index (χ3v) is 6.47. The molecule has 1 atom stereocenters. The molecule has 158 valence electrons. The molecule has 1 heterocycles. The van der Waals surface area contributed by atoms with Gasteiger partial charge in [-0.05, 0) is 53.4 Å². The van der Waals surface area contributed by atoms with Crippen LogP contribution in [0, 0.1) is 5.82 Å². The summed E-state index contributed by atoms with van der Waals surface area (Å²) in [4.78, 5) is 26.9. The van der Waals surface area contributed by atoms with Crippen LogP contribution in [0.25, 0.3) is 0 Å². The van der Waals surface area contributed by atoms with Crippen molar-refractivity contribution in [3.63, 3.8) is 0 Å². The molecule has 1 saturated heterocycles. The summed E-state index contributed by atoms with van der Waals surface area (Å²) in [6.45, 7) is 4.27. The summed E-state index contributed by atoms with van der Waals surface area (Å²) in [6.07, 6.45) is 0. The monoisotopic (exact) mass is 434 g/mol. The summed E-state index contributed by atoms with van der Waals surface area (Å²) >= 11 is 1.55. The van der Waals surface area contributed by atoms with Crippen molar-refractivity contribution in [2.24, 2.45) is 0 Å². The smallest absolute Gasteiger partial charge is 0.258 e. The van der Waals surface area contributed by atoms with Crippen molar-refractivity contribution < 1.29 is 14.0 Å². The van der Waals surface area contributed by atoms with Gasteiger partial charge >= 0.3 is 0 Å². The van der Waals surface area contributed by atoms with Gasteiger partial charge in [-0.3, -0.25) is 14.5 Å². The molecule has 6 heteroatoms. The average Bonchev–Trinajstić information content (AvgIpc) is 3.15. The van der Waals surface area contributed by atoms with E-state index in [1.165, 1.54) is 17.7 Å². The number of carbonyl (C=O) groups excluding carboxylic acids is 2. The summed E-state index contributed by atoms with van der Waals surface area (Å²) in [7, 11) is 0. The minimum absolute atomic E-state index is 0.00908. The van der Waals surface area contributed by atoms with Gasteiger partial charge in [-0.1, -0.05) is 50.2 Å². The number of carbonyl (C=O) groups is 2. The van der Waals surface area contributed by atoms with Crippen LogP contribution in [0.4, 0.5) is 15.8 Å². The van der Waals surface area contributed by atoms with Gasteiger partial charge in [0.1, 0.15) is 11.2 Å². The molecular weight excluding hydrogens is 411 g/mol. The fourth-order valence-electron chi connectivity index (χ4n) is 3.58. The third kappa shape index (κ3) is 4.49. The number of hydrogen-bond donors (Lipinski definition) is 1. The molecule has 1 aliphatic rings. The van der Waals surface area contributed by atoms with Crippen molar-refractivity contribution in [2.45, 2.75) is 25.1 Å². The number of amides is 2. The predicted molar refractivity (Wildman–Crippen MR) is 124 cm³/mol. The highest BCUT2D eigenvalue weighted by atomic mass is 32.2. The van der Waals surface area contributed by atoms with Crippen molar-refractivity contribution in [3.8, 4) is 0 Å². The van der Waals surface area contributed by atoms with Gasteiger partial charge in [-0.2, -0.15) is 0 Å². The highest BCUT2D eigenvalue weighted by Crippen LogP contribution is 2.42. The minimum Gasteiger partial charge on any atom is -0.322 e. The largest absolute Gasteiger partial charge is 0.322 e. The second kappa shape index (κ2) is 8.94. The first-order valence-electron chi connectivity index (χ1n) is 10.1.